The van der Waals surface area contributed by atoms with Gasteiger partial charge in [0.15, 0.2) is 0 Å². The van der Waals surface area contributed by atoms with Crippen molar-refractivity contribution in [1.29, 1.82) is 0 Å². The molecular weight excluding hydrogens is 173 g/mol. The molecular formula is C7H14BNO4. The van der Waals surface area contributed by atoms with Crippen LogP contribution in [0.5, 0.6) is 0 Å². The van der Waals surface area contributed by atoms with E-state index in [0.29, 0.717) is 26.3 Å². The van der Waals surface area contributed by atoms with Crippen molar-refractivity contribution >= 4 is 13.0 Å². The lowest BCUT2D eigenvalue weighted by Crippen LogP contribution is -2.40. The van der Waals surface area contributed by atoms with Gasteiger partial charge in [-0.15, -0.1) is 0 Å². The molecule has 0 spiro atoms. The lowest BCUT2D eigenvalue weighted by atomic mass is 9.84. The van der Waals surface area contributed by atoms with E-state index in [1.54, 1.807) is 4.90 Å². The Morgan fingerprint density at radius 2 is 2.00 bits per heavy atom. The first-order chi connectivity index (χ1) is 6.20. The van der Waals surface area contributed by atoms with E-state index >= 15 is 0 Å². The summed E-state index contributed by atoms with van der Waals surface area (Å²) in [5, 5.41) is 17.1. The van der Waals surface area contributed by atoms with E-state index in [1.807, 2.05) is 0 Å². The number of hydrogen-bond acceptors (Lipinski definition) is 4. The lowest BCUT2D eigenvalue weighted by molar-refractivity contribution is -0.134. The molecule has 5 nitrogen and oxygen atoms in total. The molecule has 1 amide bonds. The first-order valence-electron chi connectivity index (χ1n) is 4.42. The van der Waals surface area contributed by atoms with Crippen LogP contribution in [0.2, 0.25) is 6.32 Å². The number of nitrogens with zero attached hydrogens (tertiary/aromatic N) is 1. The van der Waals surface area contributed by atoms with Crippen molar-refractivity contribution in [2.75, 3.05) is 26.3 Å². The average molecular weight is 187 g/mol. The highest BCUT2D eigenvalue weighted by atomic mass is 16.5. The number of rotatable bonds is 3. The summed E-state index contributed by atoms with van der Waals surface area (Å²) in [6.07, 6.45) is 0.299. The summed E-state index contributed by atoms with van der Waals surface area (Å²) >= 11 is 0. The summed E-state index contributed by atoms with van der Waals surface area (Å²) in [6.45, 7) is 2.38. The summed E-state index contributed by atoms with van der Waals surface area (Å²) in [5.74, 6) is -0.0311. The van der Waals surface area contributed by atoms with Crippen LogP contribution in [0.15, 0.2) is 0 Å². The van der Waals surface area contributed by atoms with E-state index < -0.39 is 7.12 Å². The molecule has 74 valence electrons. The van der Waals surface area contributed by atoms with Crippen molar-refractivity contribution in [2.24, 2.45) is 0 Å². The lowest BCUT2D eigenvalue weighted by Gasteiger charge is -2.26. The summed E-state index contributed by atoms with van der Waals surface area (Å²) < 4.78 is 5.08. The first-order valence-corrected chi connectivity index (χ1v) is 4.42. The van der Waals surface area contributed by atoms with E-state index in [4.69, 9.17) is 14.8 Å². The minimum atomic E-state index is -1.38. The molecule has 13 heavy (non-hydrogen) atoms. The maximum Gasteiger partial charge on any atom is 0.451 e. The van der Waals surface area contributed by atoms with Crippen molar-refractivity contribution in [3.63, 3.8) is 0 Å². The van der Waals surface area contributed by atoms with Crippen LogP contribution < -0.4 is 0 Å². The molecule has 2 N–H and O–H groups in total. The molecule has 0 unspecified atom stereocenters. The third kappa shape index (κ3) is 3.76. The fraction of sp³-hybridized carbons (Fsp3) is 0.857. The molecule has 0 atom stereocenters. The minimum Gasteiger partial charge on any atom is -0.427 e. The summed E-state index contributed by atoms with van der Waals surface area (Å²) in [6, 6.07) is 0. The van der Waals surface area contributed by atoms with Crippen LogP contribution >= 0.6 is 0 Å². The molecule has 1 aliphatic heterocycles. The fourth-order valence-electron chi connectivity index (χ4n) is 1.22. The Hall–Kier alpha value is -0.585. The molecule has 0 radical (unpaired) electrons. The molecule has 1 aliphatic rings. The monoisotopic (exact) mass is 187 g/mol. The van der Waals surface area contributed by atoms with Crippen LogP contribution in [0.4, 0.5) is 0 Å². The van der Waals surface area contributed by atoms with Gasteiger partial charge in [-0.3, -0.25) is 4.79 Å². The van der Waals surface area contributed by atoms with Crippen molar-refractivity contribution in [3.8, 4) is 0 Å². The van der Waals surface area contributed by atoms with Gasteiger partial charge in [0.25, 0.3) is 0 Å². The summed E-state index contributed by atoms with van der Waals surface area (Å²) in [7, 11) is -1.38. The average Bonchev–Trinajstić information content (AvgIpc) is 2.15. The number of hydrogen-bond donors (Lipinski definition) is 2. The van der Waals surface area contributed by atoms with Crippen molar-refractivity contribution in [1.82, 2.24) is 4.90 Å². The topological polar surface area (TPSA) is 70.0 Å². The molecule has 0 aliphatic carbocycles. The zero-order valence-electron chi connectivity index (χ0n) is 7.48. The summed E-state index contributed by atoms with van der Waals surface area (Å²) in [5.41, 5.74) is 0. The standard InChI is InChI=1S/C7H14BNO4/c10-7(1-2-8(11)12)9-3-5-13-6-4-9/h11-12H,1-6H2. The predicted octanol–water partition coefficient (Wildman–Crippen LogP) is -1.29. The normalized spacial score (nSPS) is 17.2. The van der Waals surface area contributed by atoms with Gasteiger partial charge in [0.1, 0.15) is 0 Å². The Morgan fingerprint density at radius 1 is 1.38 bits per heavy atom. The quantitative estimate of drug-likeness (QED) is 0.539. The molecule has 1 fully saturated rings. The maximum absolute atomic E-state index is 11.4. The van der Waals surface area contributed by atoms with Crippen molar-refractivity contribution in [3.05, 3.63) is 0 Å². The highest BCUT2D eigenvalue weighted by Crippen LogP contribution is 2.03. The van der Waals surface area contributed by atoms with Gasteiger partial charge in [0, 0.05) is 19.5 Å². The fourth-order valence-corrected chi connectivity index (χ4v) is 1.22. The molecule has 0 aromatic rings. The van der Waals surface area contributed by atoms with Gasteiger partial charge < -0.3 is 19.7 Å². The second kappa shape index (κ2) is 5.21. The highest BCUT2D eigenvalue weighted by Gasteiger charge is 2.18. The van der Waals surface area contributed by atoms with E-state index in [9.17, 15) is 4.79 Å². The molecule has 0 saturated carbocycles. The molecule has 0 bridgehead atoms. The largest absolute Gasteiger partial charge is 0.451 e. The van der Waals surface area contributed by atoms with Crippen LogP contribution in [0, 0.1) is 0 Å². The van der Waals surface area contributed by atoms with E-state index in [0.717, 1.165) is 0 Å². The number of carbonyl (C=O) groups excluding carboxylic acids is 1. The zero-order valence-corrected chi connectivity index (χ0v) is 7.48. The SMILES string of the molecule is O=C(CCB(O)O)N1CCOCC1. The highest BCUT2D eigenvalue weighted by molar-refractivity contribution is 6.41. The van der Waals surface area contributed by atoms with E-state index in [2.05, 4.69) is 0 Å². The molecule has 6 heteroatoms. The van der Waals surface area contributed by atoms with Gasteiger partial charge >= 0.3 is 7.12 Å². The second-order valence-electron chi connectivity index (χ2n) is 3.01. The third-order valence-electron chi connectivity index (χ3n) is 1.98. The van der Waals surface area contributed by atoms with Crippen LogP contribution in [0.25, 0.3) is 0 Å². The van der Waals surface area contributed by atoms with E-state index in [1.165, 1.54) is 0 Å². The zero-order chi connectivity index (χ0) is 9.68. The van der Waals surface area contributed by atoms with Gasteiger partial charge in [-0.2, -0.15) is 0 Å². The number of ether oxygens (including phenoxy) is 1. The minimum absolute atomic E-state index is 0.0311. The Balaban J connectivity index is 2.21. The number of morpholine rings is 1. The smallest absolute Gasteiger partial charge is 0.427 e. The van der Waals surface area contributed by atoms with Gasteiger partial charge in [-0.1, -0.05) is 0 Å². The molecule has 1 heterocycles. The van der Waals surface area contributed by atoms with Crippen LogP contribution in [-0.2, 0) is 9.53 Å². The third-order valence-corrected chi connectivity index (χ3v) is 1.98. The Kier molecular flexibility index (Phi) is 4.21. The van der Waals surface area contributed by atoms with Crippen LogP contribution in [0.3, 0.4) is 0 Å². The summed E-state index contributed by atoms with van der Waals surface area (Å²) in [4.78, 5) is 13.0. The van der Waals surface area contributed by atoms with Gasteiger partial charge in [0.05, 0.1) is 13.2 Å². The van der Waals surface area contributed by atoms with Crippen molar-refractivity contribution in [2.45, 2.75) is 12.7 Å². The van der Waals surface area contributed by atoms with Gasteiger partial charge in [-0.05, 0) is 6.32 Å². The van der Waals surface area contributed by atoms with Gasteiger partial charge in [0.2, 0.25) is 5.91 Å². The Morgan fingerprint density at radius 3 is 2.54 bits per heavy atom. The number of carbonyl (C=O) groups is 1. The van der Waals surface area contributed by atoms with Gasteiger partial charge in [-0.25, -0.2) is 0 Å². The molecule has 1 rings (SSSR count). The maximum atomic E-state index is 11.4. The predicted molar refractivity (Wildman–Crippen MR) is 47.0 cm³/mol. The second-order valence-corrected chi connectivity index (χ2v) is 3.01. The Labute approximate surface area is 77.4 Å². The van der Waals surface area contributed by atoms with E-state index in [-0.39, 0.29) is 18.6 Å². The van der Waals surface area contributed by atoms with Crippen molar-refractivity contribution < 1.29 is 19.6 Å². The first kappa shape index (κ1) is 10.5. The number of amides is 1. The Bertz CT molecular complexity index is 170. The molecule has 1 saturated heterocycles. The molecule has 0 aromatic heterocycles. The molecule has 0 aromatic carbocycles. The van der Waals surface area contributed by atoms with Crippen LogP contribution in [0.1, 0.15) is 6.42 Å². The van der Waals surface area contributed by atoms with Crippen LogP contribution in [-0.4, -0.2) is 54.3 Å².